The number of hydrogen-bond donors (Lipinski definition) is 6. The summed E-state index contributed by atoms with van der Waals surface area (Å²) in [5.41, 5.74) is 0. The smallest absolute Gasteiger partial charge is 0.239 e. The van der Waals surface area contributed by atoms with Crippen LogP contribution >= 0.6 is 0 Å². The number of rotatable bonds is 2. The van der Waals surface area contributed by atoms with Crippen LogP contribution in [0.25, 0.3) is 0 Å². The molecule has 0 unspecified atom stereocenters. The van der Waals surface area contributed by atoms with Gasteiger partial charge in [-0.15, -0.1) is 0 Å². The van der Waals surface area contributed by atoms with Gasteiger partial charge in [0.05, 0.1) is 12.6 Å². The number of likely N-dealkylation sites (N-methyl/N-ethyl adjacent to an activating group) is 1. The van der Waals surface area contributed by atoms with Crippen molar-refractivity contribution in [2.75, 3.05) is 13.7 Å². The summed E-state index contributed by atoms with van der Waals surface area (Å²) in [5.74, 6) is -0.508. The first kappa shape index (κ1) is 12.3. The van der Waals surface area contributed by atoms with Crippen molar-refractivity contribution >= 4 is 5.91 Å². The van der Waals surface area contributed by atoms with Gasteiger partial charge in [-0.3, -0.25) is 10.1 Å². The van der Waals surface area contributed by atoms with Crippen LogP contribution in [-0.4, -0.2) is 70.4 Å². The van der Waals surface area contributed by atoms with Gasteiger partial charge in [0.25, 0.3) is 0 Å². The summed E-state index contributed by atoms with van der Waals surface area (Å²) >= 11 is 0. The molecule has 7 nitrogen and oxygen atoms in total. The Hall–Kier alpha value is -0.730. The highest BCUT2D eigenvalue weighted by molar-refractivity contribution is 5.82. The fraction of sp³-hybridized carbons (Fsp3) is 0.875. The van der Waals surface area contributed by atoms with Crippen molar-refractivity contribution in [3.8, 4) is 0 Å². The van der Waals surface area contributed by atoms with E-state index in [4.69, 9.17) is 5.11 Å². The van der Waals surface area contributed by atoms with Gasteiger partial charge in [-0.25, -0.2) is 0 Å². The molecule has 6 N–H and O–H groups in total. The first-order chi connectivity index (χ1) is 7.02. The molecular weight excluding hydrogens is 204 g/mol. The molecule has 0 radical (unpaired) electrons. The summed E-state index contributed by atoms with van der Waals surface area (Å²) < 4.78 is 0. The third kappa shape index (κ3) is 2.27. The molecule has 1 aliphatic heterocycles. The second kappa shape index (κ2) is 4.86. The van der Waals surface area contributed by atoms with E-state index in [2.05, 4.69) is 10.6 Å². The Bertz CT molecular complexity index is 235. The first-order valence-electron chi connectivity index (χ1n) is 4.65. The van der Waals surface area contributed by atoms with Crippen molar-refractivity contribution in [2.45, 2.75) is 30.4 Å². The van der Waals surface area contributed by atoms with Gasteiger partial charge in [-0.2, -0.15) is 0 Å². The molecule has 0 aromatic carbocycles. The van der Waals surface area contributed by atoms with E-state index in [1.165, 1.54) is 7.05 Å². The first-order valence-corrected chi connectivity index (χ1v) is 4.65. The van der Waals surface area contributed by atoms with Gasteiger partial charge in [-0.05, 0) is 0 Å². The Morgan fingerprint density at radius 2 is 1.87 bits per heavy atom. The van der Waals surface area contributed by atoms with Crippen LogP contribution < -0.4 is 10.6 Å². The number of nitrogens with one attached hydrogen (secondary N) is 2. The number of piperidine rings is 1. The molecule has 0 spiro atoms. The second-order valence-corrected chi connectivity index (χ2v) is 3.52. The molecule has 1 aliphatic rings. The summed E-state index contributed by atoms with van der Waals surface area (Å²) in [6.07, 6.45) is -4.15. The second-order valence-electron chi connectivity index (χ2n) is 3.52. The van der Waals surface area contributed by atoms with Crippen molar-refractivity contribution in [3.05, 3.63) is 0 Å². The van der Waals surface area contributed by atoms with Crippen LogP contribution in [0.3, 0.4) is 0 Å². The Labute approximate surface area is 86.7 Å². The molecular formula is C8H16N2O5. The van der Waals surface area contributed by atoms with Gasteiger partial charge in [0, 0.05) is 7.05 Å². The van der Waals surface area contributed by atoms with E-state index >= 15 is 0 Å². The van der Waals surface area contributed by atoms with Gasteiger partial charge in [0.1, 0.15) is 24.4 Å². The topological polar surface area (TPSA) is 122 Å². The van der Waals surface area contributed by atoms with Gasteiger partial charge >= 0.3 is 0 Å². The zero-order valence-corrected chi connectivity index (χ0v) is 8.29. The predicted molar refractivity (Wildman–Crippen MR) is 49.9 cm³/mol. The SMILES string of the molecule is CNC(=O)[C@H]1N[C@H](CO)[C@@H](O)[C@H](O)[C@@H]1O. The van der Waals surface area contributed by atoms with Crippen LogP contribution in [0.15, 0.2) is 0 Å². The van der Waals surface area contributed by atoms with Crippen molar-refractivity contribution in [2.24, 2.45) is 0 Å². The minimum atomic E-state index is -1.45. The molecule has 15 heavy (non-hydrogen) atoms. The van der Waals surface area contributed by atoms with Crippen LogP contribution in [0.4, 0.5) is 0 Å². The van der Waals surface area contributed by atoms with Crippen LogP contribution in [0.1, 0.15) is 0 Å². The van der Waals surface area contributed by atoms with Gasteiger partial charge in [0.15, 0.2) is 0 Å². The van der Waals surface area contributed by atoms with Crippen LogP contribution in [0, 0.1) is 0 Å². The molecule has 88 valence electrons. The maximum atomic E-state index is 11.3. The van der Waals surface area contributed by atoms with Crippen LogP contribution in [0.2, 0.25) is 0 Å². The lowest BCUT2D eigenvalue weighted by atomic mass is 9.90. The summed E-state index contributed by atoms with van der Waals surface area (Å²) in [4.78, 5) is 11.3. The lowest BCUT2D eigenvalue weighted by molar-refractivity contribution is -0.144. The number of amides is 1. The molecule has 0 aliphatic carbocycles. The maximum absolute atomic E-state index is 11.3. The number of aliphatic hydroxyl groups is 4. The highest BCUT2D eigenvalue weighted by Crippen LogP contribution is 2.15. The Morgan fingerprint density at radius 1 is 1.27 bits per heavy atom. The minimum Gasteiger partial charge on any atom is -0.395 e. The zero-order chi connectivity index (χ0) is 11.6. The highest BCUT2D eigenvalue weighted by atomic mass is 16.4. The van der Waals surface area contributed by atoms with Crippen molar-refractivity contribution in [3.63, 3.8) is 0 Å². The zero-order valence-electron chi connectivity index (χ0n) is 8.29. The number of aliphatic hydroxyl groups excluding tert-OH is 4. The summed E-state index contributed by atoms with van der Waals surface area (Å²) in [6.45, 7) is -0.432. The number of carbonyl (C=O) groups is 1. The standard InChI is InChI=1S/C8H16N2O5/c1-9-8(15)4-6(13)7(14)5(12)3(2-11)10-4/h3-7,10-14H,2H2,1H3,(H,9,15)/t3-,4+,5-,6-,7+/m1/s1. The molecule has 0 aromatic rings. The van der Waals surface area contributed by atoms with Gasteiger partial charge < -0.3 is 25.7 Å². The van der Waals surface area contributed by atoms with Gasteiger partial charge in [0.2, 0.25) is 5.91 Å². The molecule has 0 saturated carbocycles. The molecule has 0 bridgehead atoms. The summed E-state index contributed by atoms with van der Waals surface area (Å²) in [6, 6.07) is -1.86. The number of carbonyl (C=O) groups excluding carboxylic acids is 1. The highest BCUT2D eigenvalue weighted by Gasteiger charge is 2.44. The average molecular weight is 220 g/mol. The predicted octanol–water partition coefficient (Wildman–Crippen LogP) is -3.85. The normalized spacial score (nSPS) is 41.3. The fourth-order valence-corrected chi connectivity index (χ4v) is 1.61. The fourth-order valence-electron chi connectivity index (χ4n) is 1.61. The molecule has 1 amide bonds. The molecule has 1 fully saturated rings. The van der Waals surface area contributed by atoms with E-state index in [0.717, 1.165) is 0 Å². The van der Waals surface area contributed by atoms with Crippen molar-refractivity contribution in [1.29, 1.82) is 0 Å². The summed E-state index contributed by atoms with van der Waals surface area (Å²) in [5, 5.41) is 42.1. The third-order valence-corrected chi connectivity index (χ3v) is 2.57. The van der Waals surface area contributed by atoms with Gasteiger partial charge in [-0.1, -0.05) is 0 Å². The molecule has 7 heteroatoms. The maximum Gasteiger partial charge on any atom is 0.239 e. The largest absolute Gasteiger partial charge is 0.395 e. The molecule has 1 heterocycles. The van der Waals surface area contributed by atoms with E-state index in [0.29, 0.717) is 0 Å². The Morgan fingerprint density at radius 3 is 2.33 bits per heavy atom. The van der Waals surface area contributed by atoms with E-state index < -0.39 is 42.9 Å². The lowest BCUT2D eigenvalue weighted by Gasteiger charge is -2.39. The Kier molecular flexibility index (Phi) is 4.00. The van der Waals surface area contributed by atoms with E-state index in [1.807, 2.05) is 0 Å². The molecule has 1 rings (SSSR count). The molecule has 5 atom stereocenters. The van der Waals surface area contributed by atoms with E-state index in [1.54, 1.807) is 0 Å². The van der Waals surface area contributed by atoms with Crippen molar-refractivity contribution < 1.29 is 25.2 Å². The van der Waals surface area contributed by atoms with Crippen LogP contribution in [0.5, 0.6) is 0 Å². The molecule has 1 saturated heterocycles. The third-order valence-electron chi connectivity index (χ3n) is 2.57. The minimum absolute atomic E-state index is 0.432. The van der Waals surface area contributed by atoms with E-state index in [9.17, 15) is 20.1 Å². The quantitative estimate of drug-likeness (QED) is 0.283. The lowest BCUT2D eigenvalue weighted by Crippen LogP contribution is -2.69. The van der Waals surface area contributed by atoms with Crippen molar-refractivity contribution in [1.82, 2.24) is 10.6 Å². The Balaban J connectivity index is 2.78. The van der Waals surface area contributed by atoms with Crippen LogP contribution in [-0.2, 0) is 4.79 Å². The number of hydrogen-bond acceptors (Lipinski definition) is 6. The summed E-state index contributed by atoms with van der Waals surface area (Å²) in [7, 11) is 1.39. The monoisotopic (exact) mass is 220 g/mol. The van der Waals surface area contributed by atoms with E-state index in [-0.39, 0.29) is 0 Å². The molecule has 0 aromatic heterocycles. The average Bonchev–Trinajstić information content (AvgIpc) is 2.25.